The maximum atomic E-state index is 12.2. The van der Waals surface area contributed by atoms with Crippen LogP contribution in [-0.4, -0.2) is 5.78 Å². The highest BCUT2D eigenvalue weighted by atomic mass is 35.5. The minimum absolute atomic E-state index is 0.0466. The maximum absolute atomic E-state index is 12.2. The van der Waals surface area contributed by atoms with Crippen LogP contribution in [0, 0.1) is 6.92 Å². The van der Waals surface area contributed by atoms with E-state index in [0.29, 0.717) is 15.1 Å². The molecule has 94 valence electrons. The SMILES string of the molecule is Cc1cc(C(=O)c2ccc(C(C)C)cc2)sc1Cl. The molecule has 1 aromatic heterocycles. The molecule has 0 radical (unpaired) electrons. The van der Waals surface area contributed by atoms with E-state index in [2.05, 4.69) is 13.8 Å². The number of benzene rings is 1. The van der Waals surface area contributed by atoms with E-state index >= 15 is 0 Å². The molecular formula is C15H15ClOS. The van der Waals surface area contributed by atoms with E-state index in [1.54, 1.807) is 0 Å². The standard InChI is InChI=1S/C15H15ClOS/c1-9(2)11-4-6-12(7-5-11)14(17)13-8-10(3)15(16)18-13/h4-9H,1-3H3. The number of aryl methyl sites for hydroxylation is 1. The number of carbonyl (C=O) groups is 1. The molecule has 0 N–H and O–H groups in total. The fourth-order valence-electron chi connectivity index (χ4n) is 1.73. The second kappa shape index (κ2) is 5.25. The van der Waals surface area contributed by atoms with Crippen molar-refractivity contribution in [2.24, 2.45) is 0 Å². The molecule has 0 aliphatic rings. The highest BCUT2D eigenvalue weighted by Gasteiger charge is 2.13. The zero-order valence-corrected chi connectivity index (χ0v) is 12.2. The van der Waals surface area contributed by atoms with Crippen LogP contribution in [0.3, 0.4) is 0 Å². The second-order valence-corrected chi connectivity index (χ2v) is 6.33. The summed E-state index contributed by atoms with van der Waals surface area (Å²) in [5.74, 6) is 0.526. The van der Waals surface area contributed by atoms with Gasteiger partial charge in [-0.1, -0.05) is 49.7 Å². The van der Waals surface area contributed by atoms with Gasteiger partial charge in [0.05, 0.1) is 9.21 Å². The molecule has 0 fully saturated rings. The van der Waals surface area contributed by atoms with E-state index in [1.807, 2.05) is 37.3 Å². The molecule has 0 aliphatic heterocycles. The van der Waals surface area contributed by atoms with Gasteiger partial charge in [0.1, 0.15) is 0 Å². The Balaban J connectivity index is 2.28. The van der Waals surface area contributed by atoms with Crippen molar-refractivity contribution in [3.8, 4) is 0 Å². The molecule has 0 saturated carbocycles. The molecule has 0 aliphatic carbocycles. The zero-order chi connectivity index (χ0) is 13.3. The summed E-state index contributed by atoms with van der Waals surface area (Å²) in [7, 11) is 0. The van der Waals surface area contributed by atoms with Crippen LogP contribution in [-0.2, 0) is 0 Å². The summed E-state index contributed by atoms with van der Waals surface area (Å²) in [4.78, 5) is 12.9. The molecular weight excluding hydrogens is 264 g/mol. The molecule has 1 heterocycles. The molecule has 18 heavy (non-hydrogen) atoms. The van der Waals surface area contributed by atoms with Gasteiger partial charge in [0, 0.05) is 5.56 Å². The van der Waals surface area contributed by atoms with E-state index in [0.717, 1.165) is 11.1 Å². The monoisotopic (exact) mass is 278 g/mol. The topological polar surface area (TPSA) is 17.1 Å². The molecule has 2 rings (SSSR count). The van der Waals surface area contributed by atoms with Gasteiger partial charge in [0.15, 0.2) is 0 Å². The van der Waals surface area contributed by atoms with Crippen LogP contribution in [0.5, 0.6) is 0 Å². The third-order valence-corrected chi connectivity index (χ3v) is 4.47. The second-order valence-electron chi connectivity index (χ2n) is 4.67. The first-order valence-electron chi connectivity index (χ1n) is 5.89. The van der Waals surface area contributed by atoms with Gasteiger partial charge in [0.2, 0.25) is 5.78 Å². The molecule has 0 bridgehead atoms. The summed E-state index contributed by atoms with van der Waals surface area (Å²) in [5, 5.41) is 0. The summed E-state index contributed by atoms with van der Waals surface area (Å²) in [6.45, 7) is 6.19. The fraction of sp³-hybridized carbons (Fsp3) is 0.267. The molecule has 1 nitrogen and oxygen atoms in total. The van der Waals surface area contributed by atoms with Crippen LogP contribution in [0.4, 0.5) is 0 Å². The van der Waals surface area contributed by atoms with Gasteiger partial charge in [-0.2, -0.15) is 0 Å². The molecule has 0 saturated heterocycles. The minimum Gasteiger partial charge on any atom is -0.288 e. The van der Waals surface area contributed by atoms with Crippen molar-refractivity contribution in [2.75, 3.05) is 0 Å². The highest BCUT2D eigenvalue weighted by Crippen LogP contribution is 2.28. The van der Waals surface area contributed by atoms with E-state index in [4.69, 9.17) is 11.6 Å². The predicted octanol–water partition coefficient (Wildman–Crippen LogP) is 5.06. The van der Waals surface area contributed by atoms with Crippen LogP contribution < -0.4 is 0 Å². The number of rotatable bonds is 3. The van der Waals surface area contributed by atoms with Crippen LogP contribution in [0.2, 0.25) is 4.34 Å². The number of ketones is 1. The van der Waals surface area contributed by atoms with Crippen molar-refractivity contribution in [3.05, 3.63) is 56.2 Å². The number of hydrogen-bond acceptors (Lipinski definition) is 2. The highest BCUT2D eigenvalue weighted by molar-refractivity contribution is 7.18. The molecule has 1 aromatic carbocycles. The smallest absolute Gasteiger partial charge is 0.203 e. The molecule has 2 aromatic rings. The lowest BCUT2D eigenvalue weighted by molar-refractivity contribution is 0.104. The van der Waals surface area contributed by atoms with Gasteiger partial charge in [-0.05, 0) is 30.0 Å². The van der Waals surface area contributed by atoms with Crippen molar-refractivity contribution >= 4 is 28.7 Å². The third-order valence-electron chi connectivity index (χ3n) is 2.92. The van der Waals surface area contributed by atoms with Crippen LogP contribution >= 0.6 is 22.9 Å². The lowest BCUT2D eigenvalue weighted by atomic mass is 10.00. The first kappa shape index (κ1) is 13.3. The molecule has 0 spiro atoms. The molecule has 0 atom stereocenters. The van der Waals surface area contributed by atoms with Crippen LogP contribution in [0.15, 0.2) is 30.3 Å². The Morgan fingerprint density at radius 1 is 1.22 bits per heavy atom. The average molecular weight is 279 g/mol. The van der Waals surface area contributed by atoms with Crippen molar-refractivity contribution < 1.29 is 4.79 Å². The molecule has 0 amide bonds. The van der Waals surface area contributed by atoms with Gasteiger partial charge < -0.3 is 0 Å². The number of halogens is 1. The number of carbonyl (C=O) groups excluding carboxylic acids is 1. The van der Waals surface area contributed by atoms with Crippen molar-refractivity contribution in [2.45, 2.75) is 26.7 Å². The van der Waals surface area contributed by atoms with Gasteiger partial charge in [-0.25, -0.2) is 0 Å². The summed E-state index contributed by atoms with van der Waals surface area (Å²) < 4.78 is 0.692. The first-order chi connectivity index (χ1) is 8.49. The first-order valence-corrected chi connectivity index (χ1v) is 7.09. The van der Waals surface area contributed by atoms with Gasteiger partial charge in [0.25, 0.3) is 0 Å². The van der Waals surface area contributed by atoms with Crippen molar-refractivity contribution in [3.63, 3.8) is 0 Å². The van der Waals surface area contributed by atoms with E-state index < -0.39 is 0 Å². The summed E-state index contributed by atoms with van der Waals surface area (Å²) >= 11 is 7.34. The lowest BCUT2D eigenvalue weighted by Crippen LogP contribution is -1.99. The maximum Gasteiger partial charge on any atom is 0.203 e. The Bertz CT molecular complexity index is 547. The Morgan fingerprint density at radius 2 is 1.83 bits per heavy atom. The Hall–Kier alpha value is -1.12. The van der Waals surface area contributed by atoms with E-state index in [9.17, 15) is 4.79 Å². The van der Waals surface area contributed by atoms with E-state index in [-0.39, 0.29) is 5.78 Å². The number of hydrogen-bond donors (Lipinski definition) is 0. The lowest BCUT2D eigenvalue weighted by Gasteiger charge is -2.05. The predicted molar refractivity (Wildman–Crippen MR) is 78.0 cm³/mol. The minimum atomic E-state index is 0.0466. The third kappa shape index (κ3) is 2.65. The molecule has 3 heteroatoms. The Morgan fingerprint density at radius 3 is 2.28 bits per heavy atom. The Kier molecular flexibility index (Phi) is 3.88. The van der Waals surface area contributed by atoms with Crippen molar-refractivity contribution in [1.29, 1.82) is 0 Å². The Labute approximate surface area is 116 Å². The zero-order valence-electron chi connectivity index (χ0n) is 10.7. The van der Waals surface area contributed by atoms with Gasteiger partial charge in [-0.15, -0.1) is 11.3 Å². The quantitative estimate of drug-likeness (QED) is 0.717. The normalized spacial score (nSPS) is 10.9. The van der Waals surface area contributed by atoms with Crippen molar-refractivity contribution in [1.82, 2.24) is 0 Å². The number of thiophene rings is 1. The van der Waals surface area contributed by atoms with Crippen LogP contribution in [0.1, 0.15) is 46.1 Å². The largest absolute Gasteiger partial charge is 0.288 e. The van der Waals surface area contributed by atoms with Gasteiger partial charge >= 0.3 is 0 Å². The van der Waals surface area contributed by atoms with E-state index in [1.165, 1.54) is 16.9 Å². The summed E-state index contributed by atoms with van der Waals surface area (Å²) in [6, 6.07) is 9.66. The fourth-order valence-corrected chi connectivity index (χ4v) is 2.90. The summed E-state index contributed by atoms with van der Waals surface area (Å²) in [5.41, 5.74) is 2.92. The van der Waals surface area contributed by atoms with Gasteiger partial charge in [-0.3, -0.25) is 4.79 Å². The summed E-state index contributed by atoms with van der Waals surface area (Å²) in [6.07, 6.45) is 0. The van der Waals surface area contributed by atoms with Crippen LogP contribution in [0.25, 0.3) is 0 Å². The molecule has 0 unspecified atom stereocenters. The average Bonchev–Trinajstić information content (AvgIpc) is 2.69.